The number of likely N-dealkylation sites (tertiary alicyclic amines) is 2. The number of carbonyl (C=O) groups excluding carboxylic acids is 4. The third kappa shape index (κ3) is 9.68. The third-order valence-electron chi connectivity index (χ3n) is 9.32. The summed E-state index contributed by atoms with van der Waals surface area (Å²) in [7, 11) is -7.80. The van der Waals surface area contributed by atoms with Gasteiger partial charge in [-0.3, -0.25) is 9.59 Å². The van der Waals surface area contributed by atoms with Crippen molar-refractivity contribution in [3.63, 3.8) is 0 Å². The first kappa shape index (κ1) is 43.4. The predicted octanol–water partition coefficient (Wildman–Crippen LogP) is 5.41. The Balaban J connectivity index is 0.000000215. The van der Waals surface area contributed by atoms with Crippen LogP contribution in [0.4, 0.5) is 9.59 Å². The molecule has 0 spiro atoms. The van der Waals surface area contributed by atoms with Gasteiger partial charge in [0.1, 0.15) is 17.0 Å². The molecule has 2 aromatic rings. The van der Waals surface area contributed by atoms with Crippen LogP contribution in [0.1, 0.15) is 60.8 Å². The minimum atomic E-state index is -4.00. The fraction of sp³-hybridized carbons (Fsp3) is 0.514. The predicted molar refractivity (Wildman–Crippen MR) is 206 cm³/mol. The summed E-state index contributed by atoms with van der Waals surface area (Å²) in [6, 6.07) is 8.69. The van der Waals surface area contributed by atoms with Gasteiger partial charge < -0.3 is 24.4 Å². The lowest BCUT2D eigenvalue weighted by Gasteiger charge is -2.48. The van der Waals surface area contributed by atoms with Crippen molar-refractivity contribution in [2.24, 2.45) is 0 Å². The number of rotatable bonds is 4. The summed E-state index contributed by atoms with van der Waals surface area (Å²) in [4.78, 5) is 52.5. The van der Waals surface area contributed by atoms with Gasteiger partial charge in [0.05, 0.1) is 40.2 Å². The van der Waals surface area contributed by atoms with Gasteiger partial charge in [0.25, 0.3) is 0 Å². The van der Waals surface area contributed by atoms with E-state index in [1.165, 1.54) is 66.9 Å². The normalized spacial score (nSPS) is 24.3. The van der Waals surface area contributed by atoms with E-state index in [4.69, 9.17) is 32.7 Å². The maximum absolute atomic E-state index is 13.3. The molecule has 56 heavy (non-hydrogen) atoms. The van der Waals surface area contributed by atoms with Gasteiger partial charge in [-0.15, -0.1) is 0 Å². The molecular formula is C37H46Cl2N4O11S2. The van der Waals surface area contributed by atoms with Gasteiger partial charge in [-0.05, 0) is 90.1 Å². The maximum atomic E-state index is 13.3. The van der Waals surface area contributed by atoms with Crippen molar-refractivity contribution in [2.75, 3.05) is 26.2 Å². The van der Waals surface area contributed by atoms with Crippen molar-refractivity contribution in [1.82, 2.24) is 18.4 Å². The number of halogens is 2. The molecule has 6 rings (SSSR count). The molecule has 2 aromatic carbocycles. The van der Waals surface area contributed by atoms with E-state index in [0.29, 0.717) is 16.3 Å². The molecule has 4 unspecified atom stereocenters. The number of fused-ring (bicyclic) bond motifs is 4. The summed E-state index contributed by atoms with van der Waals surface area (Å²) >= 11 is 11.7. The molecule has 0 aliphatic carbocycles. The number of ketones is 2. The number of sulfonamides is 2. The molecule has 4 fully saturated rings. The molecule has 4 saturated heterocycles. The Hall–Kier alpha value is -3.74. The number of aliphatic hydroxyl groups excluding tert-OH is 1. The summed E-state index contributed by atoms with van der Waals surface area (Å²) in [5.74, 6) is -0.328. The molecule has 4 aliphatic rings. The highest BCUT2D eigenvalue weighted by Crippen LogP contribution is 2.37. The maximum Gasteiger partial charge on any atom is 0.410 e. The summed E-state index contributed by atoms with van der Waals surface area (Å²) in [5, 5.41) is 10.5. The first-order chi connectivity index (χ1) is 25.9. The minimum Gasteiger partial charge on any atom is -0.515 e. The smallest absolute Gasteiger partial charge is 0.410 e. The molecule has 19 heteroatoms. The number of Topliss-reactive ketones (excluding diaryl/α,β-unsaturated/α-hetero) is 2. The standard InChI is InChI=1S/C19H23ClN2O6S.C18H23ClN2O5S/c1-19(2,3)28-18(25)21-9-13-8-17(24)15(11-23)16(10-21)22(13)29(26,27)14-6-4-12(20)5-7-14;1-18(2,3)26-17(23)20-10-13-8-15(22)9-14(11-20)21(13)27(24,25)16-6-4-12(19)5-7-16/h4-7,11,13,16,23H,8-10H2,1-3H3;4-7,13-14H,8-11H2,1-3H3/b15-11-;. The Morgan fingerprint density at radius 1 is 0.661 bits per heavy atom. The van der Waals surface area contributed by atoms with E-state index in [2.05, 4.69) is 0 Å². The average molecular weight is 858 g/mol. The van der Waals surface area contributed by atoms with Crippen molar-refractivity contribution in [3.05, 3.63) is 70.4 Å². The molecule has 4 atom stereocenters. The van der Waals surface area contributed by atoms with Crippen molar-refractivity contribution >= 4 is 67.0 Å². The molecular weight excluding hydrogens is 811 g/mol. The number of piperidine rings is 2. The van der Waals surface area contributed by atoms with Gasteiger partial charge in [-0.25, -0.2) is 26.4 Å². The van der Waals surface area contributed by atoms with Crippen molar-refractivity contribution in [2.45, 2.75) is 106 Å². The Kier molecular flexibility index (Phi) is 12.6. The SMILES string of the molecule is CC(C)(C)OC(=O)N1CC2CC(=O)/C(=C\O)C(C1)N2S(=O)(=O)c1ccc(Cl)cc1.CC(C)(C)OC(=O)N1CC2CC(=O)CC(C1)N2S(=O)(=O)c1ccc(Cl)cc1. The topological polar surface area (TPSA) is 188 Å². The number of benzene rings is 2. The van der Waals surface area contributed by atoms with Crippen LogP contribution >= 0.6 is 23.2 Å². The van der Waals surface area contributed by atoms with Gasteiger partial charge in [0.15, 0.2) is 5.78 Å². The highest BCUT2D eigenvalue weighted by Gasteiger charge is 2.51. The largest absolute Gasteiger partial charge is 0.515 e. The molecule has 15 nitrogen and oxygen atoms in total. The van der Waals surface area contributed by atoms with E-state index in [-0.39, 0.29) is 72.4 Å². The minimum absolute atomic E-state index is 0.0106. The molecule has 306 valence electrons. The number of ether oxygens (including phenoxy) is 2. The third-order valence-corrected chi connectivity index (χ3v) is 13.8. The molecule has 2 amide bonds. The molecule has 0 radical (unpaired) electrons. The molecule has 4 bridgehead atoms. The second kappa shape index (κ2) is 16.3. The van der Waals surface area contributed by atoms with Crippen molar-refractivity contribution in [3.8, 4) is 0 Å². The molecule has 1 N–H and O–H groups in total. The zero-order valence-electron chi connectivity index (χ0n) is 31.8. The van der Waals surface area contributed by atoms with Gasteiger partial charge in [-0.1, -0.05) is 23.2 Å². The van der Waals surface area contributed by atoms with E-state index in [9.17, 15) is 41.1 Å². The van der Waals surface area contributed by atoms with Crippen LogP contribution in [0.25, 0.3) is 0 Å². The van der Waals surface area contributed by atoms with Crippen LogP contribution in [0.5, 0.6) is 0 Å². The van der Waals surface area contributed by atoms with Crippen LogP contribution in [0, 0.1) is 0 Å². The number of hydrogen-bond acceptors (Lipinski definition) is 11. The van der Waals surface area contributed by atoms with Gasteiger partial charge >= 0.3 is 12.2 Å². The van der Waals surface area contributed by atoms with Gasteiger partial charge in [0.2, 0.25) is 20.0 Å². The lowest BCUT2D eigenvalue weighted by molar-refractivity contribution is -0.125. The van der Waals surface area contributed by atoms with E-state index >= 15 is 0 Å². The summed E-state index contributed by atoms with van der Waals surface area (Å²) in [6.45, 7) is 10.7. The second-order valence-corrected chi connectivity index (χ2v) is 20.5. The first-order valence-corrected chi connectivity index (χ1v) is 21.5. The highest BCUT2D eigenvalue weighted by atomic mass is 35.5. The number of aliphatic hydroxyl groups is 1. The lowest BCUT2D eigenvalue weighted by atomic mass is 9.89. The first-order valence-electron chi connectivity index (χ1n) is 17.8. The lowest BCUT2D eigenvalue weighted by Crippen LogP contribution is -2.66. The van der Waals surface area contributed by atoms with Crippen LogP contribution in [0.15, 0.2) is 70.2 Å². The monoisotopic (exact) mass is 856 g/mol. The number of hydrogen-bond donors (Lipinski definition) is 1. The Morgan fingerprint density at radius 2 is 1.04 bits per heavy atom. The Bertz CT molecular complexity index is 2080. The second-order valence-electron chi connectivity index (χ2n) is 16.0. The van der Waals surface area contributed by atoms with E-state index < -0.39 is 67.6 Å². The van der Waals surface area contributed by atoms with Crippen LogP contribution in [0.2, 0.25) is 10.0 Å². The fourth-order valence-electron chi connectivity index (χ4n) is 7.14. The van der Waals surface area contributed by atoms with E-state index in [0.717, 1.165) is 0 Å². The zero-order chi connectivity index (χ0) is 41.5. The van der Waals surface area contributed by atoms with Crippen LogP contribution in [-0.2, 0) is 39.1 Å². The van der Waals surface area contributed by atoms with Crippen LogP contribution < -0.4 is 0 Å². The van der Waals surface area contributed by atoms with E-state index in [1.807, 2.05) is 0 Å². The fourth-order valence-corrected chi connectivity index (χ4v) is 11.0. The summed E-state index contributed by atoms with van der Waals surface area (Å²) in [6.07, 6.45) is -0.426. The molecule has 4 heterocycles. The van der Waals surface area contributed by atoms with Crippen molar-refractivity contribution < 1.29 is 50.6 Å². The highest BCUT2D eigenvalue weighted by molar-refractivity contribution is 7.89. The zero-order valence-corrected chi connectivity index (χ0v) is 35.0. The Labute approximate surface area is 337 Å². The average Bonchev–Trinajstić information content (AvgIpc) is 3.06. The Morgan fingerprint density at radius 3 is 1.43 bits per heavy atom. The molecule has 4 aliphatic heterocycles. The number of piperazine rings is 2. The molecule has 0 aromatic heterocycles. The van der Waals surface area contributed by atoms with Gasteiger partial charge in [-0.2, -0.15) is 8.61 Å². The van der Waals surface area contributed by atoms with Gasteiger partial charge in [0, 0.05) is 61.1 Å². The number of carbonyl (C=O) groups is 4. The summed E-state index contributed by atoms with van der Waals surface area (Å²) < 4.78 is 66.3. The van der Waals surface area contributed by atoms with Crippen LogP contribution in [-0.4, -0.2) is 126 Å². The van der Waals surface area contributed by atoms with E-state index in [1.54, 1.807) is 41.5 Å². The number of amides is 2. The van der Waals surface area contributed by atoms with Crippen LogP contribution in [0.3, 0.4) is 0 Å². The molecule has 0 saturated carbocycles. The summed E-state index contributed by atoms with van der Waals surface area (Å²) in [5.41, 5.74) is -1.41. The quantitative estimate of drug-likeness (QED) is 0.306. The number of nitrogens with zero attached hydrogens (tertiary/aromatic N) is 4. The van der Waals surface area contributed by atoms with Crippen molar-refractivity contribution in [1.29, 1.82) is 0 Å².